The maximum absolute atomic E-state index is 11.8. The van der Waals surface area contributed by atoms with Crippen molar-refractivity contribution in [2.45, 2.75) is 30.8 Å². The summed E-state index contributed by atoms with van der Waals surface area (Å²) in [7, 11) is 0. The summed E-state index contributed by atoms with van der Waals surface area (Å²) in [6.45, 7) is 0.990. The molecular formula is C12H15N3O5S. The van der Waals surface area contributed by atoms with E-state index in [-0.39, 0.29) is 11.5 Å². The van der Waals surface area contributed by atoms with E-state index >= 15 is 0 Å². The molecule has 0 unspecified atom stereocenters. The molecule has 0 bridgehead atoms. The number of nitrogens with two attached hydrogens (primary N) is 1. The summed E-state index contributed by atoms with van der Waals surface area (Å²) in [6.07, 6.45) is -3.06. The number of H-pyrrole nitrogens is 1. The lowest BCUT2D eigenvalue weighted by Gasteiger charge is -2.26. The molecule has 3 heterocycles. The van der Waals surface area contributed by atoms with Crippen LogP contribution in [0.2, 0.25) is 0 Å². The maximum atomic E-state index is 11.8. The molecule has 0 amide bonds. The van der Waals surface area contributed by atoms with Crippen molar-refractivity contribution in [1.82, 2.24) is 9.97 Å². The number of anilines is 1. The summed E-state index contributed by atoms with van der Waals surface area (Å²) < 4.78 is 5.90. The molecule has 6 N–H and O–H groups in total. The molecule has 114 valence electrons. The van der Waals surface area contributed by atoms with E-state index in [0.717, 1.165) is 11.3 Å². The van der Waals surface area contributed by atoms with Crippen molar-refractivity contribution < 1.29 is 20.1 Å². The first kappa shape index (κ1) is 14.4. The van der Waals surface area contributed by atoms with E-state index in [4.69, 9.17) is 10.5 Å². The van der Waals surface area contributed by atoms with Crippen LogP contribution in [-0.4, -0.2) is 49.7 Å². The molecule has 0 aromatic carbocycles. The first-order valence-electron chi connectivity index (χ1n) is 6.30. The Bertz CT molecular complexity index is 740. The molecule has 2 aromatic heterocycles. The number of nitrogens with zero attached hydrogens (tertiary/aromatic N) is 1. The smallest absolute Gasteiger partial charge is 0.270 e. The molecule has 0 spiro atoms. The average Bonchev–Trinajstić information content (AvgIpc) is 2.91. The van der Waals surface area contributed by atoms with Crippen LogP contribution in [0, 0.1) is 0 Å². The number of fused-ring (bicyclic) bond motifs is 1. The van der Waals surface area contributed by atoms with Gasteiger partial charge in [-0.1, -0.05) is 0 Å². The number of hydrogen-bond donors (Lipinski definition) is 5. The van der Waals surface area contributed by atoms with Crippen LogP contribution in [-0.2, 0) is 4.74 Å². The third kappa shape index (κ3) is 2.05. The lowest BCUT2D eigenvalue weighted by atomic mass is 9.89. The second kappa shape index (κ2) is 4.75. The van der Waals surface area contributed by atoms with Gasteiger partial charge >= 0.3 is 0 Å². The van der Waals surface area contributed by atoms with Crippen LogP contribution in [0.5, 0.6) is 0 Å². The van der Waals surface area contributed by atoms with Gasteiger partial charge in [0.1, 0.15) is 28.6 Å². The van der Waals surface area contributed by atoms with Crippen LogP contribution in [0.3, 0.4) is 0 Å². The fourth-order valence-electron chi connectivity index (χ4n) is 2.60. The van der Waals surface area contributed by atoms with E-state index in [1.54, 1.807) is 5.38 Å². The van der Waals surface area contributed by atoms with Crippen molar-refractivity contribution in [3.8, 4) is 0 Å². The van der Waals surface area contributed by atoms with Gasteiger partial charge in [0, 0.05) is 5.56 Å². The molecule has 1 fully saturated rings. The van der Waals surface area contributed by atoms with E-state index in [9.17, 15) is 20.1 Å². The van der Waals surface area contributed by atoms with Crippen LogP contribution in [0.15, 0.2) is 10.2 Å². The fourth-order valence-corrected chi connectivity index (χ4v) is 3.51. The molecular weight excluding hydrogens is 298 g/mol. The highest BCUT2D eigenvalue weighted by Gasteiger charge is 2.53. The van der Waals surface area contributed by atoms with Crippen LogP contribution in [0.1, 0.15) is 18.6 Å². The van der Waals surface area contributed by atoms with Gasteiger partial charge in [0.2, 0.25) is 5.95 Å². The van der Waals surface area contributed by atoms with Crippen LogP contribution < -0.4 is 11.3 Å². The van der Waals surface area contributed by atoms with E-state index in [1.807, 2.05) is 0 Å². The number of aromatic nitrogens is 2. The largest absolute Gasteiger partial charge is 0.394 e. The summed E-state index contributed by atoms with van der Waals surface area (Å²) in [6, 6.07) is 0. The van der Waals surface area contributed by atoms with E-state index in [2.05, 4.69) is 9.97 Å². The quantitative estimate of drug-likeness (QED) is 0.484. The molecule has 0 radical (unpaired) electrons. The Labute approximate surface area is 122 Å². The molecule has 3 rings (SSSR count). The molecule has 1 aliphatic rings. The van der Waals surface area contributed by atoms with Gasteiger partial charge < -0.3 is 25.8 Å². The predicted molar refractivity (Wildman–Crippen MR) is 76.0 cm³/mol. The number of hydrogen-bond acceptors (Lipinski definition) is 8. The Balaban J connectivity index is 2.15. The molecule has 8 nitrogen and oxygen atoms in total. The van der Waals surface area contributed by atoms with Crippen LogP contribution in [0.25, 0.3) is 10.2 Å². The Morgan fingerprint density at radius 2 is 2.33 bits per heavy atom. The molecule has 1 aliphatic heterocycles. The number of thiophene rings is 1. The van der Waals surface area contributed by atoms with Gasteiger partial charge in [0.15, 0.2) is 0 Å². The van der Waals surface area contributed by atoms with Crippen molar-refractivity contribution in [3.63, 3.8) is 0 Å². The second-order valence-corrected chi connectivity index (χ2v) is 6.11. The zero-order valence-electron chi connectivity index (χ0n) is 11.1. The Morgan fingerprint density at radius 1 is 1.62 bits per heavy atom. The topological polar surface area (TPSA) is 142 Å². The van der Waals surface area contributed by atoms with E-state index in [0.29, 0.717) is 15.8 Å². The normalized spacial score (nSPS) is 32.9. The minimum Gasteiger partial charge on any atom is -0.394 e. The number of rotatable bonds is 2. The van der Waals surface area contributed by atoms with Gasteiger partial charge in [0.25, 0.3) is 5.56 Å². The van der Waals surface area contributed by atoms with Crippen molar-refractivity contribution in [2.75, 3.05) is 12.3 Å². The van der Waals surface area contributed by atoms with Crippen molar-refractivity contribution in [1.29, 1.82) is 0 Å². The highest BCUT2D eigenvalue weighted by molar-refractivity contribution is 7.17. The number of nitrogen functional groups attached to an aromatic ring is 1. The minimum atomic E-state index is -1.61. The standard InChI is InChI=1S/C12H15N3O5S/c1-12(19)8(17)5(2-16)20-9(12)4-3-21-7-6(4)14-11(13)15-10(7)18/h3,5,8-9,16-17,19H,2H2,1H3,(H3,13,14,15,18)/t5-,8-,9+,12-/m1/s1. The Morgan fingerprint density at radius 3 is 2.95 bits per heavy atom. The molecule has 4 atom stereocenters. The monoisotopic (exact) mass is 313 g/mol. The summed E-state index contributed by atoms with van der Waals surface area (Å²) in [5.41, 5.74) is 4.36. The summed E-state index contributed by atoms with van der Waals surface area (Å²) in [5, 5.41) is 31.3. The number of ether oxygens (including phenoxy) is 1. The van der Waals surface area contributed by atoms with Gasteiger partial charge in [-0.15, -0.1) is 11.3 Å². The van der Waals surface area contributed by atoms with Gasteiger partial charge in [-0.3, -0.25) is 9.78 Å². The van der Waals surface area contributed by atoms with Crippen LogP contribution >= 0.6 is 11.3 Å². The van der Waals surface area contributed by atoms with Crippen LogP contribution in [0.4, 0.5) is 5.95 Å². The highest BCUT2D eigenvalue weighted by atomic mass is 32.1. The molecule has 0 aliphatic carbocycles. The lowest BCUT2D eigenvalue weighted by Crippen LogP contribution is -2.42. The van der Waals surface area contributed by atoms with Gasteiger partial charge in [-0.05, 0) is 12.3 Å². The van der Waals surface area contributed by atoms with Crippen molar-refractivity contribution in [2.24, 2.45) is 0 Å². The Hall–Kier alpha value is -1.52. The number of aliphatic hydroxyl groups excluding tert-OH is 2. The SMILES string of the molecule is C[C@@]1(O)[C@H](O)[C@@H](CO)O[C@H]1c1csc2c(=O)[nH]c(N)nc12. The molecule has 0 saturated carbocycles. The first-order valence-corrected chi connectivity index (χ1v) is 7.18. The molecule has 21 heavy (non-hydrogen) atoms. The third-order valence-electron chi connectivity index (χ3n) is 3.73. The summed E-state index contributed by atoms with van der Waals surface area (Å²) in [4.78, 5) is 18.3. The third-order valence-corrected chi connectivity index (χ3v) is 4.71. The highest BCUT2D eigenvalue weighted by Crippen LogP contribution is 2.44. The second-order valence-electron chi connectivity index (χ2n) is 5.23. The number of aromatic amines is 1. The zero-order valence-corrected chi connectivity index (χ0v) is 11.9. The van der Waals surface area contributed by atoms with Gasteiger partial charge in [-0.2, -0.15) is 0 Å². The van der Waals surface area contributed by atoms with Crippen molar-refractivity contribution in [3.05, 3.63) is 21.3 Å². The molecule has 1 saturated heterocycles. The summed E-state index contributed by atoms with van der Waals surface area (Å²) >= 11 is 1.15. The zero-order chi connectivity index (χ0) is 15.4. The van der Waals surface area contributed by atoms with E-state index in [1.165, 1.54) is 6.92 Å². The van der Waals surface area contributed by atoms with Gasteiger partial charge in [-0.25, -0.2) is 4.98 Å². The van der Waals surface area contributed by atoms with Gasteiger partial charge in [0.05, 0.1) is 12.1 Å². The molecule has 9 heteroatoms. The number of nitrogens with one attached hydrogen (secondary N) is 1. The first-order chi connectivity index (χ1) is 9.86. The lowest BCUT2D eigenvalue weighted by molar-refractivity contribution is -0.0640. The Kier molecular flexibility index (Phi) is 3.26. The maximum Gasteiger partial charge on any atom is 0.270 e. The fraction of sp³-hybridized carbons (Fsp3) is 0.500. The number of aliphatic hydroxyl groups is 3. The van der Waals surface area contributed by atoms with E-state index < -0.39 is 30.5 Å². The molecule has 2 aromatic rings. The summed E-state index contributed by atoms with van der Waals surface area (Å²) in [5.74, 6) is -0.0379. The minimum absolute atomic E-state index is 0.0379. The predicted octanol–water partition coefficient (Wildman–Crippen LogP) is -0.889. The van der Waals surface area contributed by atoms with Crippen molar-refractivity contribution >= 4 is 27.5 Å². The average molecular weight is 313 g/mol.